The zero-order valence-corrected chi connectivity index (χ0v) is 21.6. The summed E-state index contributed by atoms with van der Waals surface area (Å²) < 4.78 is 24.9. The third-order valence-corrected chi connectivity index (χ3v) is 4.80. The van der Waals surface area contributed by atoms with E-state index in [0.717, 1.165) is 19.3 Å². The highest BCUT2D eigenvalue weighted by Gasteiger charge is 2.19. The van der Waals surface area contributed by atoms with Crippen molar-refractivity contribution in [1.29, 1.82) is 0 Å². The summed E-state index contributed by atoms with van der Waals surface area (Å²) in [5.41, 5.74) is -0.732. The number of hydrogen-bond acceptors (Lipinski definition) is 10. The summed E-state index contributed by atoms with van der Waals surface area (Å²) in [6.45, 7) is 11.4. The van der Waals surface area contributed by atoms with E-state index in [0.29, 0.717) is 51.6 Å². The van der Waals surface area contributed by atoms with Crippen LogP contribution in [0.1, 0.15) is 78.1 Å². The fourth-order valence-corrected chi connectivity index (χ4v) is 2.58. The number of carbonyl (C=O) groups excluding carboxylic acids is 5. The van der Waals surface area contributed by atoms with Crippen LogP contribution in [-0.2, 0) is 47.7 Å². The standard InChI is InChI=1S/C26H40O10/c1-5-7-10-16-33-23(28)20(3)24(29)35-18-13-9-14-19-36-26(31)21(4)25(30)34-17-12-8-11-15-32-22(27)6-2/h3-19H2,1-2H3. The van der Waals surface area contributed by atoms with Crippen LogP contribution in [0.4, 0.5) is 0 Å². The molecule has 0 atom stereocenters. The lowest BCUT2D eigenvalue weighted by molar-refractivity contribution is -0.148. The Hall–Kier alpha value is -3.17. The molecule has 0 radical (unpaired) electrons. The summed E-state index contributed by atoms with van der Waals surface area (Å²) >= 11 is 0. The van der Waals surface area contributed by atoms with Crippen molar-refractivity contribution in [2.75, 3.05) is 33.0 Å². The summed E-state index contributed by atoms with van der Waals surface area (Å²) in [5.74, 6) is -3.55. The van der Waals surface area contributed by atoms with Gasteiger partial charge in [0.1, 0.15) is 11.1 Å². The lowest BCUT2D eigenvalue weighted by Crippen LogP contribution is -2.19. The van der Waals surface area contributed by atoms with Crippen LogP contribution in [0, 0.1) is 0 Å². The van der Waals surface area contributed by atoms with Gasteiger partial charge in [0.25, 0.3) is 0 Å². The Morgan fingerprint density at radius 2 is 0.778 bits per heavy atom. The molecular formula is C26H40O10. The van der Waals surface area contributed by atoms with Gasteiger partial charge in [-0.15, -0.1) is 0 Å². The lowest BCUT2D eigenvalue weighted by atomic mass is 10.2. The summed E-state index contributed by atoms with van der Waals surface area (Å²) in [5, 5.41) is 0. The fraction of sp³-hybridized carbons (Fsp3) is 0.654. The maximum absolute atomic E-state index is 11.9. The van der Waals surface area contributed by atoms with Gasteiger partial charge in [0, 0.05) is 6.42 Å². The first-order valence-corrected chi connectivity index (χ1v) is 12.5. The first kappa shape index (κ1) is 32.8. The van der Waals surface area contributed by atoms with Crippen LogP contribution in [-0.4, -0.2) is 62.9 Å². The maximum Gasteiger partial charge on any atom is 0.344 e. The van der Waals surface area contributed by atoms with Gasteiger partial charge in [-0.05, 0) is 44.9 Å². The van der Waals surface area contributed by atoms with Gasteiger partial charge in [-0.3, -0.25) is 4.79 Å². The molecule has 0 heterocycles. The molecule has 0 aliphatic rings. The Kier molecular flexibility index (Phi) is 19.3. The molecule has 0 saturated heterocycles. The second-order valence-electron chi connectivity index (χ2n) is 7.90. The fourth-order valence-electron chi connectivity index (χ4n) is 2.58. The molecule has 0 fully saturated rings. The summed E-state index contributed by atoms with van der Waals surface area (Å²) in [6.07, 6.45) is 6.46. The van der Waals surface area contributed by atoms with Crippen molar-refractivity contribution in [3.05, 3.63) is 24.3 Å². The lowest BCUT2D eigenvalue weighted by Gasteiger charge is -2.09. The Labute approximate surface area is 213 Å². The number of carbonyl (C=O) groups is 5. The normalized spacial score (nSPS) is 10.2. The van der Waals surface area contributed by atoms with Gasteiger partial charge in [-0.2, -0.15) is 0 Å². The van der Waals surface area contributed by atoms with Crippen LogP contribution in [0.2, 0.25) is 0 Å². The quantitative estimate of drug-likeness (QED) is 0.0559. The van der Waals surface area contributed by atoms with Crippen molar-refractivity contribution in [2.24, 2.45) is 0 Å². The molecular weight excluding hydrogens is 472 g/mol. The van der Waals surface area contributed by atoms with E-state index in [1.165, 1.54) is 0 Å². The molecule has 0 aliphatic carbocycles. The Bertz CT molecular complexity index is 741. The molecule has 204 valence electrons. The van der Waals surface area contributed by atoms with E-state index in [1.807, 2.05) is 6.92 Å². The van der Waals surface area contributed by atoms with E-state index in [2.05, 4.69) is 13.2 Å². The molecule has 0 bridgehead atoms. The largest absolute Gasteiger partial charge is 0.466 e. The molecule has 0 aliphatic heterocycles. The third kappa shape index (κ3) is 16.5. The van der Waals surface area contributed by atoms with Gasteiger partial charge in [-0.1, -0.05) is 39.8 Å². The highest BCUT2D eigenvalue weighted by Crippen LogP contribution is 2.06. The van der Waals surface area contributed by atoms with Gasteiger partial charge in [0.05, 0.1) is 33.0 Å². The Balaban J connectivity index is 3.81. The molecule has 0 unspecified atom stereocenters. The van der Waals surface area contributed by atoms with E-state index in [4.69, 9.17) is 23.7 Å². The predicted molar refractivity (Wildman–Crippen MR) is 131 cm³/mol. The summed E-state index contributed by atoms with van der Waals surface area (Å²) in [4.78, 5) is 58.2. The molecule has 0 saturated carbocycles. The summed E-state index contributed by atoms with van der Waals surface area (Å²) in [7, 11) is 0. The highest BCUT2D eigenvalue weighted by molar-refractivity contribution is 6.13. The SMILES string of the molecule is C=C(C(=O)OCCCCC)C(=O)OCCCCCOC(=O)C(=C)C(=O)OCCCCCOC(=O)CC. The Morgan fingerprint density at radius 1 is 0.472 bits per heavy atom. The van der Waals surface area contributed by atoms with E-state index >= 15 is 0 Å². The van der Waals surface area contributed by atoms with Gasteiger partial charge in [-0.25, -0.2) is 19.2 Å². The molecule has 0 rings (SSSR count). The molecule has 36 heavy (non-hydrogen) atoms. The molecule has 0 aromatic carbocycles. The molecule has 0 amide bonds. The smallest absolute Gasteiger partial charge is 0.344 e. The monoisotopic (exact) mass is 512 g/mol. The van der Waals surface area contributed by atoms with Crippen LogP contribution in [0.3, 0.4) is 0 Å². The van der Waals surface area contributed by atoms with Gasteiger partial charge >= 0.3 is 29.8 Å². The highest BCUT2D eigenvalue weighted by atomic mass is 16.6. The number of esters is 5. The molecule has 0 aromatic rings. The minimum atomic E-state index is -0.855. The minimum absolute atomic E-state index is 0.0619. The van der Waals surface area contributed by atoms with E-state index < -0.39 is 23.9 Å². The second-order valence-corrected chi connectivity index (χ2v) is 7.90. The number of rotatable bonds is 21. The van der Waals surface area contributed by atoms with Crippen molar-refractivity contribution >= 4 is 29.8 Å². The topological polar surface area (TPSA) is 132 Å². The number of unbranched alkanes of at least 4 members (excludes halogenated alkanes) is 6. The van der Waals surface area contributed by atoms with Crippen molar-refractivity contribution in [3.63, 3.8) is 0 Å². The average Bonchev–Trinajstić information content (AvgIpc) is 2.88. The maximum atomic E-state index is 11.9. The van der Waals surface area contributed by atoms with Gasteiger partial charge in [0.15, 0.2) is 0 Å². The third-order valence-electron chi connectivity index (χ3n) is 4.80. The van der Waals surface area contributed by atoms with E-state index in [1.54, 1.807) is 6.92 Å². The van der Waals surface area contributed by atoms with Crippen molar-refractivity contribution in [1.82, 2.24) is 0 Å². The summed E-state index contributed by atoms with van der Waals surface area (Å²) in [6, 6.07) is 0. The predicted octanol–water partition coefficient (Wildman–Crippen LogP) is 3.76. The van der Waals surface area contributed by atoms with Crippen molar-refractivity contribution < 1.29 is 47.7 Å². The molecule has 10 heteroatoms. The molecule has 0 aromatic heterocycles. The van der Waals surface area contributed by atoms with Crippen LogP contribution in [0.15, 0.2) is 24.3 Å². The average molecular weight is 513 g/mol. The molecule has 10 nitrogen and oxygen atoms in total. The van der Waals surface area contributed by atoms with Crippen LogP contribution < -0.4 is 0 Å². The van der Waals surface area contributed by atoms with Crippen LogP contribution in [0.5, 0.6) is 0 Å². The Morgan fingerprint density at radius 3 is 1.08 bits per heavy atom. The van der Waals surface area contributed by atoms with Crippen molar-refractivity contribution in [2.45, 2.75) is 78.1 Å². The number of hydrogen-bond donors (Lipinski definition) is 0. The van der Waals surface area contributed by atoms with Crippen LogP contribution in [0.25, 0.3) is 0 Å². The number of ether oxygens (including phenoxy) is 5. The molecule has 0 N–H and O–H groups in total. The van der Waals surface area contributed by atoms with Crippen molar-refractivity contribution in [3.8, 4) is 0 Å². The first-order valence-electron chi connectivity index (χ1n) is 12.5. The van der Waals surface area contributed by atoms with Crippen LogP contribution >= 0.6 is 0 Å². The van der Waals surface area contributed by atoms with E-state index in [-0.39, 0.29) is 43.5 Å². The van der Waals surface area contributed by atoms with Gasteiger partial charge < -0.3 is 23.7 Å². The van der Waals surface area contributed by atoms with E-state index in [9.17, 15) is 24.0 Å². The molecule has 0 spiro atoms. The minimum Gasteiger partial charge on any atom is -0.466 e. The van der Waals surface area contributed by atoms with Gasteiger partial charge in [0.2, 0.25) is 0 Å². The zero-order chi connectivity index (χ0) is 27.2. The first-order chi connectivity index (χ1) is 17.2. The second kappa shape index (κ2) is 21.1. The zero-order valence-electron chi connectivity index (χ0n) is 21.6.